The molecular weight excluding hydrogens is 252 g/mol. The van der Waals surface area contributed by atoms with Gasteiger partial charge in [-0.1, -0.05) is 6.92 Å². The van der Waals surface area contributed by atoms with Crippen molar-refractivity contribution in [2.45, 2.75) is 18.6 Å². The van der Waals surface area contributed by atoms with E-state index < -0.39 is 0 Å². The molecule has 2 rings (SSSR count). The Morgan fingerprint density at radius 2 is 2.53 bits per heavy atom. The maximum absolute atomic E-state index is 12.1. The summed E-state index contributed by atoms with van der Waals surface area (Å²) in [6.45, 7) is 3.33. The Labute approximate surface area is 110 Å². The number of nitrogens with two attached hydrogens (primary N) is 1. The van der Waals surface area contributed by atoms with Crippen molar-refractivity contribution < 1.29 is 4.79 Å². The molecule has 1 aliphatic heterocycles. The van der Waals surface area contributed by atoms with Crippen molar-refractivity contribution >= 4 is 29.0 Å². The highest BCUT2D eigenvalue weighted by molar-refractivity contribution is 8.00. The molecule has 1 aromatic rings. The van der Waals surface area contributed by atoms with Crippen LogP contribution in [0, 0.1) is 5.92 Å². The van der Waals surface area contributed by atoms with Crippen LogP contribution in [-0.4, -0.2) is 24.7 Å². The number of thioether (sulfide) groups is 1. The van der Waals surface area contributed by atoms with Crippen molar-refractivity contribution in [2.75, 3.05) is 18.8 Å². The number of hydrogen-bond donors (Lipinski definition) is 2. The Bertz CT molecular complexity index is 392. The van der Waals surface area contributed by atoms with Crippen LogP contribution >= 0.6 is 23.1 Å². The zero-order valence-electron chi connectivity index (χ0n) is 9.94. The standard InChI is InChI=1S/C12H18N2OS2/c1-8(6-13)7-14-12(15)11-9-2-4-16-10(9)3-5-17-11/h2,4,8,11H,3,5-7,13H2,1H3,(H,14,15). The number of fused-ring (bicyclic) bond motifs is 1. The predicted octanol–water partition coefficient (Wildman–Crippen LogP) is 1.79. The number of aryl methyl sites for hydroxylation is 1. The summed E-state index contributed by atoms with van der Waals surface area (Å²) in [5.41, 5.74) is 6.75. The minimum atomic E-state index is -0.0185. The van der Waals surface area contributed by atoms with E-state index in [1.807, 2.05) is 6.92 Å². The van der Waals surface area contributed by atoms with Crippen LogP contribution in [0.4, 0.5) is 0 Å². The van der Waals surface area contributed by atoms with Crippen LogP contribution in [0.2, 0.25) is 0 Å². The van der Waals surface area contributed by atoms with E-state index >= 15 is 0 Å². The van der Waals surface area contributed by atoms with Gasteiger partial charge in [0.1, 0.15) is 5.25 Å². The first-order valence-electron chi connectivity index (χ1n) is 5.88. The maximum Gasteiger partial charge on any atom is 0.237 e. The normalized spacial score (nSPS) is 20.7. The van der Waals surface area contributed by atoms with E-state index in [9.17, 15) is 4.79 Å². The summed E-state index contributed by atoms with van der Waals surface area (Å²) in [4.78, 5) is 13.5. The number of thiophene rings is 1. The number of carbonyl (C=O) groups excluding carboxylic acids is 1. The highest BCUT2D eigenvalue weighted by atomic mass is 32.2. The van der Waals surface area contributed by atoms with Gasteiger partial charge in [-0.05, 0) is 41.6 Å². The zero-order chi connectivity index (χ0) is 12.3. The van der Waals surface area contributed by atoms with Gasteiger partial charge in [0, 0.05) is 11.4 Å². The molecule has 0 saturated heterocycles. The molecule has 2 heterocycles. The first kappa shape index (κ1) is 12.9. The average molecular weight is 270 g/mol. The topological polar surface area (TPSA) is 55.1 Å². The molecule has 1 amide bonds. The lowest BCUT2D eigenvalue weighted by Crippen LogP contribution is -2.34. The Balaban J connectivity index is 1.97. The largest absolute Gasteiger partial charge is 0.355 e. The van der Waals surface area contributed by atoms with Crippen molar-refractivity contribution in [3.05, 3.63) is 21.9 Å². The van der Waals surface area contributed by atoms with Crippen molar-refractivity contribution in [3.63, 3.8) is 0 Å². The molecule has 0 fully saturated rings. The SMILES string of the molecule is CC(CN)CNC(=O)C1SCCc2sccc21. The van der Waals surface area contributed by atoms with Gasteiger partial charge < -0.3 is 11.1 Å². The van der Waals surface area contributed by atoms with Gasteiger partial charge in [-0.25, -0.2) is 0 Å². The molecule has 0 aromatic carbocycles. The molecule has 5 heteroatoms. The Morgan fingerprint density at radius 1 is 1.71 bits per heavy atom. The van der Waals surface area contributed by atoms with Gasteiger partial charge in [0.25, 0.3) is 0 Å². The second-order valence-corrected chi connectivity index (χ2v) is 6.60. The molecule has 17 heavy (non-hydrogen) atoms. The van der Waals surface area contributed by atoms with Gasteiger partial charge in [0.2, 0.25) is 5.91 Å². The van der Waals surface area contributed by atoms with E-state index in [0.29, 0.717) is 19.0 Å². The third-order valence-corrected chi connectivity index (χ3v) is 5.18. The van der Waals surface area contributed by atoms with Crippen LogP contribution in [0.25, 0.3) is 0 Å². The molecule has 94 valence electrons. The summed E-state index contributed by atoms with van der Waals surface area (Å²) < 4.78 is 0. The minimum absolute atomic E-state index is 0.0185. The van der Waals surface area contributed by atoms with Gasteiger partial charge >= 0.3 is 0 Å². The van der Waals surface area contributed by atoms with Crippen molar-refractivity contribution in [1.29, 1.82) is 0 Å². The van der Waals surface area contributed by atoms with E-state index in [-0.39, 0.29) is 11.2 Å². The van der Waals surface area contributed by atoms with E-state index in [1.54, 1.807) is 23.1 Å². The molecular formula is C12H18N2OS2. The number of hydrogen-bond acceptors (Lipinski definition) is 4. The van der Waals surface area contributed by atoms with Crippen LogP contribution in [-0.2, 0) is 11.2 Å². The molecule has 1 aromatic heterocycles. The van der Waals surface area contributed by atoms with Crippen LogP contribution < -0.4 is 11.1 Å². The predicted molar refractivity (Wildman–Crippen MR) is 74.5 cm³/mol. The van der Waals surface area contributed by atoms with Crippen molar-refractivity contribution in [3.8, 4) is 0 Å². The summed E-state index contributed by atoms with van der Waals surface area (Å²) in [5.74, 6) is 1.52. The summed E-state index contributed by atoms with van der Waals surface area (Å²) in [7, 11) is 0. The second-order valence-electron chi connectivity index (χ2n) is 4.39. The number of nitrogens with one attached hydrogen (secondary N) is 1. The molecule has 3 N–H and O–H groups in total. The van der Waals surface area contributed by atoms with Crippen LogP contribution in [0.5, 0.6) is 0 Å². The van der Waals surface area contributed by atoms with Gasteiger partial charge in [0.15, 0.2) is 0 Å². The minimum Gasteiger partial charge on any atom is -0.355 e. The first-order chi connectivity index (χ1) is 8.22. The third kappa shape index (κ3) is 3.03. The van der Waals surface area contributed by atoms with Gasteiger partial charge in [-0.15, -0.1) is 23.1 Å². The number of carbonyl (C=O) groups is 1. The van der Waals surface area contributed by atoms with E-state index in [0.717, 1.165) is 12.2 Å². The quantitative estimate of drug-likeness (QED) is 0.877. The molecule has 0 spiro atoms. The molecule has 0 aliphatic carbocycles. The average Bonchev–Trinajstić information content (AvgIpc) is 2.83. The number of amides is 1. The fraction of sp³-hybridized carbons (Fsp3) is 0.583. The van der Waals surface area contributed by atoms with Gasteiger partial charge in [0.05, 0.1) is 0 Å². The highest BCUT2D eigenvalue weighted by Crippen LogP contribution is 2.39. The van der Waals surface area contributed by atoms with Crippen molar-refractivity contribution in [2.24, 2.45) is 11.7 Å². The molecule has 1 aliphatic rings. The summed E-state index contributed by atoms with van der Waals surface area (Å²) in [6, 6.07) is 2.09. The number of rotatable bonds is 4. The van der Waals surface area contributed by atoms with Crippen LogP contribution in [0.15, 0.2) is 11.4 Å². The Hall–Kier alpha value is -0.520. The van der Waals surface area contributed by atoms with E-state index in [2.05, 4.69) is 16.8 Å². The van der Waals surface area contributed by atoms with E-state index in [4.69, 9.17) is 5.73 Å². The van der Waals surface area contributed by atoms with E-state index in [1.165, 1.54) is 10.4 Å². The monoisotopic (exact) mass is 270 g/mol. The first-order valence-corrected chi connectivity index (χ1v) is 7.81. The summed E-state index contributed by atoms with van der Waals surface area (Å²) in [6.07, 6.45) is 1.10. The lowest BCUT2D eigenvalue weighted by molar-refractivity contribution is -0.120. The third-order valence-electron chi connectivity index (χ3n) is 2.94. The van der Waals surface area contributed by atoms with Gasteiger partial charge in [-0.2, -0.15) is 0 Å². The summed E-state index contributed by atoms with van der Waals surface area (Å²) in [5, 5.41) is 5.06. The zero-order valence-corrected chi connectivity index (χ0v) is 11.6. The molecule has 2 atom stereocenters. The van der Waals surface area contributed by atoms with Crippen LogP contribution in [0.3, 0.4) is 0 Å². The maximum atomic E-state index is 12.1. The van der Waals surface area contributed by atoms with Crippen LogP contribution in [0.1, 0.15) is 22.6 Å². The molecule has 3 nitrogen and oxygen atoms in total. The summed E-state index contributed by atoms with van der Waals surface area (Å²) >= 11 is 3.50. The lowest BCUT2D eigenvalue weighted by atomic mass is 10.1. The smallest absolute Gasteiger partial charge is 0.237 e. The highest BCUT2D eigenvalue weighted by Gasteiger charge is 2.27. The fourth-order valence-electron chi connectivity index (χ4n) is 1.81. The second kappa shape index (κ2) is 5.89. The fourth-order valence-corrected chi connectivity index (χ4v) is 4.13. The molecule has 0 saturated carbocycles. The molecule has 2 unspecified atom stereocenters. The Morgan fingerprint density at radius 3 is 3.29 bits per heavy atom. The lowest BCUT2D eigenvalue weighted by Gasteiger charge is -2.22. The molecule has 0 bridgehead atoms. The van der Waals surface area contributed by atoms with Crippen molar-refractivity contribution in [1.82, 2.24) is 5.32 Å². The molecule has 0 radical (unpaired) electrons. The van der Waals surface area contributed by atoms with Gasteiger partial charge in [-0.3, -0.25) is 4.79 Å². The Kier molecular flexibility index (Phi) is 4.48.